The Balaban J connectivity index is 1.95. The van der Waals surface area contributed by atoms with Crippen molar-refractivity contribution in [2.45, 2.75) is 19.4 Å². The minimum absolute atomic E-state index is 0.0769. The summed E-state index contributed by atoms with van der Waals surface area (Å²) in [6, 6.07) is 5.97. The van der Waals surface area contributed by atoms with E-state index in [0.717, 1.165) is 27.2 Å². The molecule has 21 heavy (non-hydrogen) atoms. The second kappa shape index (κ2) is 5.81. The van der Waals surface area contributed by atoms with E-state index in [1.807, 2.05) is 37.5 Å². The Bertz CT molecular complexity index is 768. The summed E-state index contributed by atoms with van der Waals surface area (Å²) in [7, 11) is 0. The van der Waals surface area contributed by atoms with Crippen LogP contribution < -0.4 is 11.3 Å². The molecule has 0 saturated heterocycles. The van der Waals surface area contributed by atoms with E-state index in [1.54, 1.807) is 16.9 Å². The first kappa shape index (κ1) is 14.0. The Hall–Kier alpha value is -1.95. The first-order valence-electron chi connectivity index (χ1n) is 6.67. The van der Waals surface area contributed by atoms with Gasteiger partial charge >= 0.3 is 0 Å². The van der Waals surface area contributed by atoms with E-state index in [-0.39, 0.29) is 6.04 Å². The van der Waals surface area contributed by atoms with Crippen LogP contribution in [0.5, 0.6) is 0 Å². The van der Waals surface area contributed by atoms with E-state index < -0.39 is 0 Å². The van der Waals surface area contributed by atoms with Gasteiger partial charge in [0.1, 0.15) is 0 Å². The third-order valence-electron chi connectivity index (χ3n) is 3.56. The zero-order chi connectivity index (χ0) is 14.8. The summed E-state index contributed by atoms with van der Waals surface area (Å²) in [5.74, 6) is 5.73. The summed E-state index contributed by atoms with van der Waals surface area (Å²) in [6.45, 7) is 2.02. The second-order valence-electron chi connectivity index (χ2n) is 5.02. The second-order valence-corrected chi connectivity index (χ2v) is 5.43. The van der Waals surface area contributed by atoms with Crippen molar-refractivity contribution in [1.29, 1.82) is 0 Å². The van der Waals surface area contributed by atoms with Gasteiger partial charge in [0.25, 0.3) is 0 Å². The molecule has 3 aromatic rings. The van der Waals surface area contributed by atoms with E-state index in [2.05, 4.69) is 15.5 Å². The van der Waals surface area contributed by atoms with Gasteiger partial charge in [0.05, 0.1) is 24.0 Å². The summed E-state index contributed by atoms with van der Waals surface area (Å²) in [5, 5.41) is 5.07. The van der Waals surface area contributed by atoms with E-state index in [0.29, 0.717) is 6.42 Å². The highest BCUT2D eigenvalue weighted by molar-refractivity contribution is 6.31. The molecule has 1 atom stereocenters. The highest BCUT2D eigenvalue weighted by Gasteiger charge is 2.17. The molecule has 0 spiro atoms. The molecule has 0 bridgehead atoms. The number of benzene rings is 1. The number of fused-ring (bicyclic) bond motifs is 1. The van der Waals surface area contributed by atoms with Crippen LogP contribution in [0.2, 0.25) is 5.02 Å². The van der Waals surface area contributed by atoms with Crippen LogP contribution in [0.15, 0.2) is 43.0 Å². The minimum Gasteiger partial charge on any atom is -0.271 e. The van der Waals surface area contributed by atoms with Gasteiger partial charge in [-0.25, -0.2) is 4.52 Å². The lowest BCUT2D eigenvalue weighted by molar-refractivity contribution is 0.555. The van der Waals surface area contributed by atoms with Crippen molar-refractivity contribution in [1.82, 2.24) is 20.0 Å². The number of nitrogens with zero attached hydrogens (tertiary/aromatic N) is 3. The van der Waals surface area contributed by atoms with Gasteiger partial charge in [-0.1, -0.05) is 23.7 Å². The number of nitrogens with two attached hydrogens (primary N) is 1. The Morgan fingerprint density at radius 1 is 1.38 bits per heavy atom. The molecule has 108 valence electrons. The average Bonchev–Trinajstić information content (AvgIpc) is 2.91. The molecule has 0 aliphatic rings. The third kappa shape index (κ3) is 2.76. The molecule has 0 aliphatic heterocycles. The normalized spacial score (nSPS) is 12.7. The number of halogens is 1. The molecule has 0 saturated carbocycles. The fraction of sp³-hybridized carbons (Fsp3) is 0.200. The lowest BCUT2D eigenvalue weighted by atomic mass is 10.00. The van der Waals surface area contributed by atoms with Gasteiger partial charge in [-0.05, 0) is 30.5 Å². The average molecular weight is 302 g/mol. The molecule has 3 rings (SSSR count). The first-order chi connectivity index (χ1) is 10.2. The lowest BCUT2D eigenvalue weighted by Crippen LogP contribution is -2.29. The van der Waals surface area contributed by atoms with Crippen LogP contribution in [0.4, 0.5) is 0 Å². The van der Waals surface area contributed by atoms with Crippen molar-refractivity contribution in [3.8, 4) is 0 Å². The number of hydrazine groups is 1. The number of aromatic nitrogens is 3. The molecule has 3 N–H and O–H groups in total. The van der Waals surface area contributed by atoms with Crippen molar-refractivity contribution >= 4 is 17.1 Å². The van der Waals surface area contributed by atoms with Crippen molar-refractivity contribution in [3.63, 3.8) is 0 Å². The summed E-state index contributed by atoms with van der Waals surface area (Å²) < 4.78 is 1.78. The summed E-state index contributed by atoms with van der Waals surface area (Å²) in [6.07, 6.45) is 7.79. The molecular formula is C15H16ClN5. The highest BCUT2D eigenvalue weighted by Crippen LogP contribution is 2.26. The summed E-state index contributed by atoms with van der Waals surface area (Å²) in [4.78, 5) is 4.14. The molecule has 2 aromatic heterocycles. The van der Waals surface area contributed by atoms with E-state index >= 15 is 0 Å². The van der Waals surface area contributed by atoms with E-state index in [9.17, 15) is 0 Å². The predicted octanol–water partition coefficient (Wildman–Crippen LogP) is 2.44. The standard InChI is InChI=1S/C15H16ClN5/c1-10-2-3-11(13(16)6-10)7-14(20-17)12-8-19-21-5-4-18-9-15(12)21/h2-6,8-9,14,20H,7,17H2,1H3. The van der Waals surface area contributed by atoms with Crippen LogP contribution in [0.1, 0.15) is 22.7 Å². The van der Waals surface area contributed by atoms with Crippen LogP contribution in [0.25, 0.3) is 5.52 Å². The molecule has 6 heteroatoms. The number of rotatable bonds is 4. The highest BCUT2D eigenvalue weighted by atomic mass is 35.5. The van der Waals surface area contributed by atoms with E-state index in [1.165, 1.54) is 0 Å². The van der Waals surface area contributed by atoms with Crippen LogP contribution in [-0.4, -0.2) is 14.6 Å². The van der Waals surface area contributed by atoms with Gasteiger partial charge in [0.2, 0.25) is 0 Å². The maximum Gasteiger partial charge on any atom is 0.0893 e. The molecule has 1 unspecified atom stereocenters. The molecule has 0 aliphatic carbocycles. The number of hydrogen-bond donors (Lipinski definition) is 2. The van der Waals surface area contributed by atoms with Crippen LogP contribution in [-0.2, 0) is 6.42 Å². The molecule has 0 amide bonds. The Morgan fingerprint density at radius 2 is 2.24 bits per heavy atom. The maximum absolute atomic E-state index is 6.31. The maximum atomic E-state index is 6.31. The zero-order valence-electron chi connectivity index (χ0n) is 11.6. The van der Waals surface area contributed by atoms with E-state index in [4.69, 9.17) is 17.4 Å². The monoisotopic (exact) mass is 301 g/mol. The van der Waals surface area contributed by atoms with Crippen molar-refractivity contribution < 1.29 is 0 Å². The summed E-state index contributed by atoms with van der Waals surface area (Å²) >= 11 is 6.31. The van der Waals surface area contributed by atoms with Crippen molar-refractivity contribution in [3.05, 3.63) is 64.7 Å². The lowest BCUT2D eigenvalue weighted by Gasteiger charge is -2.16. The van der Waals surface area contributed by atoms with Gasteiger partial charge in [0, 0.05) is 23.0 Å². The quantitative estimate of drug-likeness (QED) is 0.574. The Kier molecular flexibility index (Phi) is 3.88. The van der Waals surface area contributed by atoms with Gasteiger partial charge < -0.3 is 0 Å². The van der Waals surface area contributed by atoms with Gasteiger partial charge in [0.15, 0.2) is 0 Å². The smallest absolute Gasteiger partial charge is 0.0893 e. The number of nitrogens with one attached hydrogen (secondary N) is 1. The van der Waals surface area contributed by atoms with Crippen LogP contribution >= 0.6 is 11.6 Å². The Labute approximate surface area is 127 Å². The first-order valence-corrected chi connectivity index (χ1v) is 7.05. The fourth-order valence-corrected chi connectivity index (χ4v) is 2.73. The zero-order valence-corrected chi connectivity index (χ0v) is 12.4. The molecule has 0 fully saturated rings. The molecule has 0 radical (unpaired) electrons. The van der Waals surface area contributed by atoms with Gasteiger partial charge in [-0.2, -0.15) is 5.10 Å². The SMILES string of the molecule is Cc1ccc(CC(NN)c2cnn3ccncc23)c(Cl)c1. The van der Waals surface area contributed by atoms with Crippen LogP contribution in [0, 0.1) is 6.92 Å². The minimum atomic E-state index is -0.0769. The largest absolute Gasteiger partial charge is 0.271 e. The molecular weight excluding hydrogens is 286 g/mol. The summed E-state index contributed by atoms with van der Waals surface area (Å²) in [5.41, 5.74) is 6.97. The van der Waals surface area contributed by atoms with Crippen LogP contribution in [0.3, 0.4) is 0 Å². The van der Waals surface area contributed by atoms with Gasteiger partial charge in [-0.3, -0.25) is 16.3 Å². The van der Waals surface area contributed by atoms with Crippen molar-refractivity contribution in [2.24, 2.45) is 5.84 Å². The third-order valence-corrected chi connectivity index (χ3v) is 3.92. The fourth-order valence-electron chi connectivity index (χ4n) is 2.42. The molecule has 2 heterocycles. The molecule has 1 aromatic carbocycles. The molecule has 5 nitrogen and oxygen atoms in total. The van der Waals surface area contributed by atoms with Crippen molar-refractivity contribution in [2.75, 3.05) is 0 Å². The predicted molar refractivity (Wildman–Crippen MR) is 82.9 cm³/mol. The number of aryl methyl sites for hydroxylation is 1. The topological polar surface area (TPSA) is 68.2 Å². The van der Waals surface area contributed by atoms with Gasteiger partial charge in [-0.15, -0.1) is 0 Å². The Morgan fingerprint density at radius 3 is 3.00 bits per heavy atom. The number of hydrogen-bond acceptors (Lipinski definition) is 4.